The first-order chi connectivity index (χ1) is 16.5. The van der Waals surface area contributed by atoms with Gasteiger partial charge in [0.2, 0.25) is 0 Å². The predicted octanol–water partition coefficient (Wildman–Crippen LogP) is 5.21. The van der Waals surface area contributed by atoms with E-state index >= 15 is 0 Å². The Morgan fingerprint density at radius 2 is 2.09 bits per heavy atom. The van der Waals surface area contributed by atoms with E-state index in [1.807, 2.05) is 61.5 Å². The number of carbonyl (C=O) groups excluding carboxylic acids is 1. The second-order valence-corrected chi connectivity index (χ2v) is 9.69. The van der Waals surface area contributed by atoms with Gasteiger partial charge in [0.05, 0.1) is 22.4 Å². The number of rotatable bonds is 5. The molecule has 0 saturated heterocycles. The average Bonchev–Trinajstić information content (AvgIpc) is 3.52. The van der Waals surface area contributed by atoms with Crippen molar-refractivity contribution in [2.45, 2.75) is 32.4 Å². The van der Waals surface area contributed by atoms with Crippen molar-refractivity contribution < 1.29 is 9.90 Å². The first kappa shape index (κ1) is 22.3. The Morgan fingerprint density at radius 1 is 1.24 bits per heavy atom. The lowest BCUT2D eigenvalue weighted by Crippen LogP contribution is -2.39. The summed E-state index contributed by atoms with van der Waals surface area (Å²) >= 11 is 1.44. The fourth-order valence-electron chi connectivity index (χ4n) is 4.57. The predicted molar refractivity (Wildman–Crippen MR) is 136 cm³/mol. The molecule has 3 aromatic rings. The zero-order valence-corrected chi connectivity index (χ0v) is 19.7. The molecule has 2 aromatic heterocycles. The summed E-state index contributed by atoms with van der Waals surface area (Å²) in [7, 11) is 0. The van der Waals surface area contributed by atoms with Crippen molar-refractivity contribution in [1.29, 1.82) is 0 Å². The number of thiophene rings is 1. The number of hydrogen-bond acceptors (Lipinski definition) is 6. The zero-order chi connectivity index (χ0) is 23.7. The Kier molecular flexibility index (Phi) is 6.13. The lowest BCUT2D eigenvalue weighted by Gasteiger charge is -2.29. The summed E-state index contributed by atoms with van der Waals surface area (Å²) < 4.78 is 0. The summed E-state index contributed by atoms with van der Waals surface area (Å²) in [5, 5.41) is 16.9. The van der Waals surface area contributed by atoms with Crippen LogP contribution < -0.4 is 5.73 Å². The number of hydrazone groups is 1. The van der Waals surface area contributed by atoms with E-state index in [1.165, 1.54) is 11.3 Å². The van der Waals surface area contributed by atoms with Gasteiger partial charge < -0.3 is 10.8 Å². The first-order valence-electron chi connectivity index (χ1n) is 11.3. The van der Waals surface area contributed by atoms with Crippen LogP contribution >= 0.6 is 11.3 Å². The van der Waals surface area contributed by atoms with Gasteiger partial charge in [-0.15, -0.1) is 11.3 Å². The SMILES string of the molecule is Cc1cncc(C2=NN(C(=O)c3ccc(-c4ccccc4CN)s3)C(C3CC=CC=C3O)C2)c1. The molecule has 2 unspecified atom stereocenters. The average molecular weight is 471 g/mol. The molecular weight excluding hydrogens is 444 g/mol. The summed E-state index contributed by atoms with van der Waals surface area (Å²) in [5.74, 6) is -0.0809. The molecule has 3 N–H and O–H groups in total. The standard InChI is InChI=1S/C27H26N4O2S/c1-17-12-19(16-29-15-17)22-13-23(21-8-4-5-9-24(21)32)31(30-22)27(33)26-11-10-25(34-26)20-7-3-2-6-18(20)14-28/h2-7,9-12,15-16,21,23,32H,8,13-14,28H2,1H3. The lowest BCUT2D eigenvalue weighted by molar-refractivity contribution is 0.0654. The zero-order valence-electron chi connectivity index (χ0n) is 18.9. The van der Waals surface area contributed by atoms with Gasteiger partial charge in [-0.05, 0) is 54.3 Å². The molecule has 5 rings (SSSR count). The van der Waals surface area contributed by atoms with Crippen LogP contribution in [-0.4, -0.2) is 32.8 Å². The molecule has 6 nitrogen and oxygen atoms in total. The van der Waals surface area contributed by atoms with E-state index in [9.17, 15) is 9.90 Å². The molecule has 0 radical (unpaired) electrons. The highest BCUT2D eigenvalue weighted by Crippen LogP contribution is 2.36. The maximum Gasteiger partial charge on any atom is 0.284 e. The molecule has 0 fully saturated rings. The fraction of sp³-hybridized carbons (Fsp3) is 0.222. The quantitative estimate of drug-likeness (QED) is 0.535. The number of hydrogen-bond donors (Lipinski definition) is 2. The Labute approximate surface area is 202 Å². The lowest BCUT2D eigenvalue weighted by atomic mass is 9.87. The van der Waals surface area contributed by atoms with Gasteiger partial charge in [0.1, 0.15) is 0 Å². The van der Waals surface area contributed by atoms with Crippen LogP contribution in [0.1, 0.15) is 39.2 Å². The first-order valence-corrected chi connectivity index (χ1v) is 12.1. The van der Waals surface area contributed by atoms with Gasteiger partial charge in [0.25, 0.3) is 5.91 Å². The number of carbonyl (C=O) groups is 1. The minimum Gasteiger partial charge on any atom is -0.512 e. The van der Waals surface area contributed by atoms with E-state index in [0.29, 0.717) is 24.3 Å². The van der Waals surface area contributed by atoms with Gasteiger partial charge in [-0.3, -0.25) is 9.78 Å². The summed E-state index contributed by atoms with van der Waals surface area (Å²) in [6.45, 7) is 2.42. The third kappa shape index (κ3) is 4.20. The summed E-state index contributed by atoms with van der Waals surface area (Å²) in [5.41, 5.74) is 10.7. The molecule has 1 amide bonds. The molecule has 0 saturated carbocycles. The minimum absolute atomic E-state index is 0.163. The second-order valence-electron chi connectivity index (χ2n) is 8.61. The Hall–Kier alpha value is -3.55. The van der Waals surface area contributed by atoms with Crippen LogP contribution in [0.25, 0.3) is 10.4 Å². The Bertz CT molecular complexity index is 1320. The highest BCUT2D eigenvalue weighted by molar-refractivity contribution is 7.17. The molecule has 2 atom stereocenters. The number of nitrogens with zero attached hydrogens (tertiary/aromatic N) is 3. The topological polar surface area (TPSA) is 91.8 Å². The van der Waals surface area contributed by atoms with Gasteiger partial charge in [-0.1, -0.05) is 36.4 Å². The van der Waals surface area contributed by atoms with E-state index in [-0.39, 0.29) is 23.6 Å². The van der Waals surface area contributed by atoms with E-state index in [4.69, 9.17) is 10.8 Å². The van der Waals surface area contributed by atoms with Crippen LogP contribution in [0.15, 0.2) is 83.9 Å². The molecule has 34 heavy (non-hydrogen) atoms. The number of benzene rings is 1. The van der Waals surface area contributed by atoms with Crippen LogP contribution in [0.4, 0.5) is 0 Å². The summed E-state index contributed by atoms with van der Waals surface area (Å²) in [6.07, 6.45) is 10.4. The van der Waals surface area contributed by atoms with E-state index in [0.717, 1.165) is 32.8 Å². The molecule has 1 aliphatic heterocycles. The molecule has 2 aliphatic rings. The third-order valence-electron chi connectivity index (χ3n) is 6.32. The van der Waals surface area contributed by atoms with Crippen molar-refractivity contribution >= 4 is 23.0 Å². The molecule has 0 spiro atoms. The molecule has 1 aromatic carbocycles. The van der Waals surface area contributed by atoms with Crippen LogP contribution in [0.3, 0.4) is 0 Å². The number of aryl methyl sites for hydroxylation is 1. The van der Waals surface area contributed by atoms with Crippen LogP contribution in [0, 0.1) is 12.8 Å². The highest BCUT2D eigenvalue weighted by atomic mass is 32.1. The molecule has 0 bridgehead atoms. The van der Waals surface area contributed by atoms with Gasteiger partial charge >= 0.3 is 0 Å². The molecule has 172 valence electrons. The molecular formula is C27H26N4O2S. The smallest absolute Gasteiger partial charge is 0.284 e. The Balaban J connectivity index is 1.50. The third-order valence-corrected chi connectivity index (χ3v) is 7.42. The van der Waals surface area contributed by atoms with Crippen molar-refractivity contribution in [2.75, 3.05) is 0 Å². The van der Waals surface area contributed by atoms with Crippen molar-refractivity contribution in [3.63, 3.8) is 0 Å². The minimum atomic E-state index is -0.272. The number of aliphatic hydroxyl groups is 1. The fourth-order valence-corrected chi connectivity index (χ4v) is 5.57. The van der Waals surface area contributed by atoms with E-state index in [1.54, 1.807) is 23.5 Å². The molecule has 7 heteroatoms. The van der Waals surface area contributed by atoms with E-state index in [2.05, 4.69) is 4.98 Å². The van der Waals surface area contributed by atoms with Crippen molar-refractivity contribution in [2.24, 2.45) is 16.8 Å². The van der Waals surface area contributed by atoms with Crippen molar-refractivity contribution in [3.8, 4) is 10.4 Å². The van der Waals surface area contributed by atoms with Crippen LogP contribution in [-0.2, 0) is 6.54 Å². The maximum atomic E-state index is 13.7. The van der Waals surface area contributed by atoms with Gasteiger partial charge in [-0.25, -0.2) is 5.01 Å². The largest absolute Gasteiger partial charge is 0.512 e. The summed E-state index contributed by atoms with van der Waals surface area (Å²) in [6, 6.07) is 13.5. The summed E-state index contributed by atoms with van der Waals surface area (Å²) in [4.78, 5) is 19.6. The molecule has 3 heterocycles. The van der Waals surface area contributed by atoms with Crippen molar-refractivity contribution in [1.82, 2.24) is 9.99 Å². The number of amides is 1. The van der Waals surface area contributed by atoms with Crippen LogP contribution in [0.2, 0.25) is 0 Å². The van der Waals surface area contributed by atoms with Gasteiger partial charge in [0, 0.05) is 41.7 Å². The Morgan fingerprint density at radius 3 is 2.88 bits per heavy atom. The monoisotopic (exact) mass is 470 g/mol. The van der Waals surface area contributed by atoms with Gasteiger partial charge in [0.15, 0.2) is 0 Å². The number of aromatic nitrogens is 1. The van der Waals surface area contributed by atoms with Crippen molar-refractivity contribution in [3.05, 3.63) is 100 Å². The van der Waals surface area contributed by atoms with Gasteiger partial charge in [-0.2, -0.15) is 5.10 Å². The normalized spacial score (nSPS) is 19.8. The molecule has 1 aliphatic carbocycles. The second kappa shape index (κ2) is 9.37. The number of nitrogens with two attached hydrogens (primary N) is 1. The van der Waals surface area contributed by atoms with Crippen LogP contribution in [0.5, 0.6) is 0 Å². The van der Waals surface area contributed by atoms with E-state index < -0.39 is 0 Å². The number of pyridine rings is 1. The number of aliphatic hydroxyl groups excluding tert-OH is 1. The maximum absolute atomic E-state index is 13.7. The number of allylic oxidation sites excluding steroid dienone is 3. The highest BCUT2D eigenvalue weighted by Gasteiger charge is 2.40.